The Hall–Kier alpha value is -2.22. The van der Waals surface area contributed by atoms with Gasteiger partial charge in [0.25, 0.3) is 5.91 Å². The molecule has 26 heavy (non-hydrogen) atoms. The molecule has 0 spiro atoms. The van der Waals surface area contributed by atoms with Crippen molar-refractivity contribution < 1.29 is 9.53 Å². The van der Waals surface area contributed by atoms with Crippen LogP contribution < -0.4 is 15.4 Å². The number of hydrogen-bond donors (Lipinski definition) is 2. The summed E-state index contributed by atoms with van der Waals surface area (Å²) in [7, 11) is 0. The quantitative estimate of drug-likeness (QED) is 0.611. The van der Waals surface area contributed by atoms with Gasteiger partial charge in [0.05, 0.1) is 16.8 Å². The molecular weight excluding hydrogens is 390 g/mol. The van der Waals surface area contributed by atoms with Crippen LogP contribution in [0.15, 0.2) is 36.4 Å². The molecule has 0 atom stereocenters. The van der Waals surface area contributed by atoms with E-state index in [2.05, 4.69) is 15.6 Å². The third-order valence-corrected chi connectivity index (χ3v) is 5.07. The number of amides is 1. The number of fused-ring (bicyclic) bond motifs is 1. The Morgan fingerprint density at radius 3 is 2.92 bits per heavy atom. The van der Waals surface area contributed by atoms with Crippen molar-refractivity contribution in [3.05, 3.63) is 52.5 Å². The first-order valence-corrected chi connectivity index (χ1v) is 9.48. The highest BCUT2D eigenvalue weighted by molar-refractivity contribution is 7.80. The fraction of sp³-hybridized carbons (Fsp3) is 0.167. The maximum Gasteiger partial charge on any atom is 0.257 e. The van der Waals surface area contributed by atoms with E-state index >= 15 is 0 Å². The Morgan fingerprint density at radius 1 is 1.35 bits per heavy atom. The topological polar surface area (TPSA) is 63.2 Å². The minimum absolute atomic E-state index is 0.179. The average Bonchev–Trinajstić information content (AvgIpc) is 2.96. The van der Waals surface area contributed by atoms with E-state index in [-0.39, 0.29) is 11.0 Å². The number of benzene rings is 2. The lowest BCUT2D eigenvalue weighted by Crippen LogP contribution is -2.34. The first-order valence-electron chi connectivity index (χ1n) is 7.88. The number of rotatable bonds is 4. The molecule has 5 nitrogen and oxygen atoms in total. The van der Waals surface area contributed by atoms with Crippen molar-refractivity contribution in [3.8, 4) is 5.75 Å². The molecule has 3 aromatic rings. The number of anilines is 1. The van der Waals surface area contributed by atoms with Crippen LogP contribution in [0.5, 0.6) is 5.75 Å². The van der Waals surface area contributed by atoms with Crippen molar-refractivity contribution in [1.82, 2.24) is 10.3 Å². The van der Waals surface area contributed by atoms with E-state index in [1.165, 1.54) is 11.3 Å². The number of ether oxygens (including phenoxy) is 1. The normalized spacial score (nSPS) is 10.6. The van der Waals surface area contributed by atoms with Gasteiger partial charge in [-0.15, -0.1) is 0 Å². The van der Waals surface area contributed by atoms with Crippen LogP contribution in [0, 0.1) is 6.92 Å². The van der Waals surface area contributed by atoms with Gasteiger partial charge in [-0.05, 0) is 62.0 Å². The van der Waals surface area contributed by atoms with Crippen LogP contribution in [0.1, 0.15) is 22.8 Å². The van der Waals surface area contributed by atoms with Gasteiger partial charge in [0.1, 0.15) is 5.75 Å². The van der Waals surface area contributed by atoms with Gasteiger partial charge >= 0.3 is 0 Å². The number of aromatic nitrogens is 1. The van der Waals surface area contributed by atoms with Gasteiger partial charge in [-0.25, -0.2) is 4.98 Å². The second-order valence-corrected chi connectivity index (χ2v) is 7.30. The summed E-state index contributed by atoms with van der Waals surface area (Å²) in [5, 5.41) is 7.03. The standard InChI is InChI=1S/C18H16ClN3O2S2/c1-3-24-12-6-4-5-11(8-12)16(23)21-17(25)22-18-20-14-9-13(19)10(2)7-15(14)26-18/h4-9H,3H2,1-2H3,(H2,20,21,22,23,25). The summed E-state index contributed by atoms with van der Waals surface area (Å²) in [5.41, 5.74) is 2.23. The third kappa shape index (κ3) is 4.30. The van der Waals surface area contributed by atoms with Gasteiger partial charge in [-0.2, -0.15) is 0 Å². The average molecular weight is 406 g/mol. The van der Waals surface area contributed by atoms with Gasteiger partial charge in [0, 0.05) is 10.6 Å². The number of thiocarbonyl (C=S) groups is 1. The molecule has 3 rings (SSSR count). The summed E-state index contributed by atoms with van der Waals surface area (Å²) < 4.78 is 6.40. The molecule has 0 bridgehead atoms. The van der Waals surface area contributed by atoms with Crippen LogP contribution in [0.2, 0.25) is 5.02 Å². The fourth-order valence-corrected chi connectivity index (χ4v) is 3.66. The summed E-state index contributed by atoms with van der Waals surface area (Å²) in [6.45, 7) is 4.36. The zero-order chi connectivity index (χ0) is 18.7. The van der Waals surface area contributed by atoms with Crippen LogP contribution in [0.4, 0.5) is 5.13 Å². The zero-order valence-corrected chi connectivity index (χ0v) is 16.5. The molecule has 0 aliphatic rings. The Bertz CT molecular complexity index is 949. The second-order valence-electron chi connectivity index (χ2n) is 5.46. The Balaban J connectivity index is 1.68. The highest BCUT2D eigenvalue weighted by Crippen LogP contribution is 2.30. The predicted molar refractivity (Wildman–Crippen MR) is 111 cm³/mol. The minimum atomic E-state index is -0.316. The molecule has 1 aromatic heterocycles. The molecule has 8 heteroatoms. The summed E-state index contributed by atoms with van der Waals surface area (Å²) in [5.74, 6) is 0.321. The number of thiazole rings is 1. The van der Waals surface area contributed by atoms with Crippen molar-refractivity contribution >= 4 is 61.5 Å². The van der Waals surface area contributed by atoms with E-state index in [1.807, 2.05) is 26.0 Å². The number of hydrogen-bond acceptors (Lipinski definition) is 5. The Morgan fingerprint density at radius 2 is 2.15 bits per heavy atom. The van der Waals surface area contributed by atoms with Gasteiger partial charge in [0.15, 0.2) is 10.2 Å². The van der Waals surface area contributed by atoms with Crippen molar-refractivity contribution in [2.45, 2.75) is 13.8 Å². The van der Waals surface area contributed by atoms with E-state index in [9.17, 15) is 4.79 Å². The van der Waals surface area contributed by atoms with E-state index < -0.39 is 0 Å². The summed E-state index contributed by atoms with van der Waals surface area (Å²) in [6.07, 6.45) is 0. The molecular formula is C18H16ClN3O2S2. The lowest BCUT2D eigenvalue weighted by Gasteiger charge is -2.08. The summed E-state index contributed by atoms with van der Waals surface area (Å²) in [4.78, 5) is 16.8. The second kappa shape index (κ2) is 7.99. The smallest absolute Gasteiger partial charge is 0.257 e. The highest BCUT2D eigenvalue weighted by Gasteiger charge is 2.11. The Kier molecular flexibility index (Phi) is 5.70. The Labute approximate surface area is 165 Å². The van der Waals surface area contributed by atoms with E-state index in [1.54, 1.807) is 24.3 Å². The molecule has 0 unspecified atom stereocenters. The molecule has 2 N–H and O–H groups in total. The maximum absolute atomic E-state index is 12.3. The van der Waals surface area contributed by atoms with Crippen LogP contribution in [0.3, 0.4) is 0 Å². The monoisotopic (exact) mass is 405 g/mol. The molecule has 0 fully saturated rings. The SMILES string of the molecule is CCOc1cccc(C(=O)NC(=S)Nc2nc3cc(Cl)c(C)cc3s2)c1. The largest absolute Gasteiger partial charge is 0.494 e. The molecule has 0 saturated carbocycles. The first-order chi connectivity index (χ1) is 12.5. The van der Waals surface area contributed by atoms with Crippen LogP contribution in [-0.2, 0) is 0 Å². The summed E-state index contributed by atoms with van der Waals surface area (Å²) in [6, 6.07) is 10.7. The maximum atomic E-state index is 12.3. The lowest BCUT2D eigenvalue weighted by molar-refractivity contribution is 0.0977. The fourth-order valence-electron chi connectivity index (χ4n) is 2.30. The van der Waals surface area contributed by atoms with Gasteiger partial charge < -0.3 is 10.1 Å². The van der Waals surface area contributed by atoms with Crippen molar-refractivity contribution in [3.63, 3.8) is 0 Å². The van der Waals surface area contributed by atoms with Gasteiger partial charge in [-0.3, -0.25) is 10.1 Å². The number of carbonyl (C=O) groups is 1. The third-order valence-electron chi connectivity index (χ3n) is 3.52. The van der Waals surface area contributed by atoms with E-state index in [0.717, 1.165) is 15.8 Å². The number of nitrogens with one attached hydrogen (secondary N) is 2. The van der Waals surface area contributed by atoms with Crippen LogP contribution >= 0.6 is 35.2 Å². The van der Waals surface area contributed by atoms with Crippen molar-refractivity contribution in [2.75, 3.05) is 11.9 Å². The number of aryl methyl sites for hydroxylation is 1. The first kappa shape index (κ1) is 18.6. The predicted octanol–water partition coefficient (Wildman–Crippen LogP) is 4.78. The minimum Gasteiger partial charge on any atom is -0.494 e. The van der Waals surface area contributed by atoms with E-state index in [4.69, 9.17) is 28.6 Å². The molecule has 2 aromatic carbocycles. The number of nitrogens with zero attached hydrogens (tertiary/aromatic N) is 1. The molecule has 0 saturated heterocycles. The molecule has 0 radical (unpaired) electrons. The number of carbonyl (C=O) groups excluding carboxylic acids is 1. The molecule has 0 aliphatic heterocycles. The number of halogens is 1. The zero-order valence-electron chi connectivity index (χ0n) is 14.1. The molecule has 134 valence electrons. The molecule has 1 amide bonds. The highest BCUT2D eigenvalue weighted by atomic mass is 35.5. The van der Waals surface area contributed by atoms with Crippen molar-refractivity contribution in [1.29, 1.82) is 0 Å². The lowest BCUT2D eigenvalue weighted by atomic mass is 10.2. The van der Waals surface area contributed by atoms with Gasteiger partial charge in [0.2, 0.25) is 0 Å². The van der Waals surface area contributed by atoms with Gasteiger partial charge in [-0.1, -0.05) is 29.0 Å². The summed E-state index contributed by atoms with van der Waals surface area (Å²) >= 11 is 12.8. The molecule has 0 aliphatic carbocycles. The van der Waals surface area contributed by atoms with E-state index in [0.29, 0.717) is 28.1 Å². The van der Waals surface area contributed by atoms with Crippen LogP contribution in [0.25, 0.3) is 10.2 Å². The molecule has 1 heterocycles. The van der Waals surface area contributed by atoms with Crippen LogP contribution in [-0.4, -0.2) is 22.6 Å². The van der Waals surface area contributed by atoms with Crippen molar-refractivity contribution in [2.24, 2.45) is 0 Å².